The largest absolute Gasteiger partial charge is 0.465 e. The first-order chi connectivity index (χ1) is 11.5. The fourth-order valence-corrected chi connectivity index (χ4v) is 3.05. The summed E-state index contributed by atoms with van der Waals surface area (Å²) in [6, 6.07) is 0. The highest BCUT2D eigenvalue weighted by Gasteiger charge is 2.47. The predicted molar refractivity (Wildman–Crippen MR) is 88.5 cm³/mol. The molecule has 0 spiro atoms. The van der Waals surface area contributed by atoms with Crippen LogP contribution in [0.15, 0.2) is 12.4 Å². The third-order valence-electron chi connectivity index (χ3n) is 4.57. The van der Waals surface area contributed by atoms with Crippen molar-refractivity contribution in [3.05, 3.63) is 23.8 Å². The van der Waals surface area contributed by atoms with Gasteiger partial charge >= 0.3 is 11.9 Å². The minimum atomic E-state index is -1.59. The summed E-state index contributed by atoms with van der Waals surface area (Å²) in [5, 5.41) is 0. The van der Waals surface area contributed by atoms with Crippen LogP contribution in [0.25, 0.3) is 0 Å². The molecule has 132 valence electrons. The molecule has 1 saturated carbocycles. The Hall–Kier alpha value is -1.98. The molecule has 1 aromatic rings. The lowest BCUT2D eigenvalue weighted by molar-refractivity contribution is -0.164. The van der Waals surface area contributed by atoms with Gasteiger partial charge in [0.2, 0.25) is 5.41 Å². The number of nitrogens with zero attached hydrogens (tertiary/aromatic N) is 2. The van der Waals surface area contributed by atoms with E-state index in [1.807, 2.05) is 0 Å². The van der Waals surface area contributed by atoms with Gasteiger partial charge in [-0.1, -0.05) is 19.3 Å². The second-order valence-corrected chi connectivity index (χ2v) is 6.23. The molecule has 0 aliphatic heterocycles. The van der Waals surface area contributed by atoms with Crippen LogP contribution in [0, 0.1) is 0 Å². The lowest BCUT2D eigenvalue weighted by atomic mass is 9.85. The van der Waals surface area contributed by atoms with Gasteiger partial charge in [0, 0.05) is 12.1 Å². The van der Waals surface area contributed by atoms with E-state index >= 15 is 0 Å². The number of aromatic nitrogens is 2. The van der Waals surface area contributed by atoms with Gasteiger partial charge in [0.1, 0.15) is 0 Å². The molecule has 0 N–H and O–H groups in total. The molecule has 24 heavy (non-hydrogen) atoms. The first-order valence-electron chi connectivity index (χ1n) is 8.70. The highest BCUT2D eigenvalue weighted by molar-refractivity contribution is 6.05. The van der Waals surface area contributed by atoms with Crippen molar-refractivity contribution in [1.29, 1.82) is 0 Å². The molecule has 0 saturated heterocycles. The molecule has 0 aromatic carbocycles. The van der Waals surface area contributed by atoms with Gasteiger partial charge in [-0.15, -0.1) is 0 Å². The molecular weight excluding hydrogens is 308 g/mol. The van der Waals surface area contributed by atoms with Crippen molar-refractivity contribution in [2.45, 2.75) is 64.2 Å². The molecule has 0 unspecified atom stereocenters. The Kier molecular flexibility index (Phi) is 6.29. The van der Waals surface area contributed by atoms with Crippen LogP contribution < -0.4 is 0 Å². The van der Waals surface area contributed by atoms with Crippen molar-refractivity contribution in [1.82, 2.24) is 9.97 Å². The molecule has 6 nitrogen and oxygen atoms in total. The summed E-state index contributed by atoms with van der Waals surface area (Å²) in [5.74, 6) is -0.914. The molecule has 1 aliphatic carbocycles. The summed E-state index contributed by atoms with van der Waals surface area (Å²) in [6.45, 7) is 5.23. The molecule has 1 aromatic heterocycles. The molecular formula is C18H26N2O4. The predicted octanol–water partition coefficient (Wildman–Crippen LogP) is 2.91. The van der Waals surface area contributed by atoms with E-state index in [0.29, 0.717) is 5.92 Å². The Bertz CT molecular complexity index is 547. The number of hydrogen-bond donors (Lipinski definition) is 0. The topological polar surface area (TPSA) is 78.4 Å². The summed E-state index contributed by atoms with van der Waals surface area (Å²) in [4.78, 5) is 33.6. The van der Waals surface area contributed by atoms with Gasteiger partial charge in [-0.25, -0.2) is 0 Å². The van der Waals surface area contributed by atoms with Crippen LogP contribution in [0.3, 0.4) is 0 Å². The number of hydrogen-bond acceptors (Lipinski definition) is 6. The lowest BCUT2D eigenvalue weighted by Gasteiger charge is -2.25. The van der Waals surface area contributed by atoms with Crippen molar-refractivity contribution < 1.29 is 19.1 Å². The fourth-order valence-electron chi connectivity index (χ4n) is 3.05. The SMILES string of the molecule is CCOC(=O)C(C)(C(=O)OCC)c1cnc(C2CCCCC2)cn1. The van der Waals surface area contributed by atoms with Gasteiger partial charge in [0.05, 0.1) is 30.8 Å². The van der Waals surface area contributed by atoms with E-state index in [-0.39, 0.29) is 18.9 Å². The third-order valence-corrected chi connectivity index (χ3v) is 4.57. The molecule has 1 heterocycles. The van der Waals surface area contributed by atoms with Gasteiger partial charge in [0.15, 0.2) is 0 Å². The monoisotopic (exact) mass is 334 g/mol. The van der Waals surface area contributed by atoms with Crippen LogP contribution >= 0.6 is 0 Å². The Morgan fingerprint density at radius 3 is 2.08 bits per heavy atom. The molecule has 0 amide bonds. The van der Waals surface area contributed by atoms with Gasteiger partial charge in [-0.05, 0) is 33.6 Å². The normalized spacial score (nSPS) is 15.8. The van der Waals surface area contributed by atoms with Crippen molar-refractivity contribution in [2.24, 2.45) is 0 Å². The Labute approximate surface area is 143 Å². The van der Waals surface area contributed by atoms with E-state index in [9.17, 15) is 9.59 Å². The third kappa shape index (κ3) is 3.74. The van der Waals surface area contributed by atoms with E-state index < -0.39 is 17.4 Å². The zero-order valence-electron chi connectivity index (χ0n) is 14.7. The smallest absolute Gasteiger partial charge is 0.329 e. The molecule has 1 fully saturated rings. The average molecular weight is 334 g/mol. The highest BCUT2D eigenvalue weighted by Crippen LogP contribution is 2.32. The summed E-state index contributed by atoms with van der Waals surface area (Å²) >= 11 is 0. The minimum absolute atomic E-state index is 0.182. The van der Waals surface area contributed by atoms with Gasteiger partial charge < -0.3 is 9.47 Å². The fraction of sp³-hybridized carbons (Fsp3) is 0.667. The number of ether oxygens (including phenoxy) is 2. The number of rotatable bonds is 6. The highest BCUT2D eigenvalue weighted by atomic mass is 16.6. The van der Waals surface area contributed by atoms with Crippen molar-refractivity contribution in [3.8, 4) is 0 Å². The number of carbonyl (C=O) groups is 2. The van der Waals surface area contributed by atoms with E-state index in [0.717, 1.165) is 18.5 Å². The first-order valence-corrected chi connectivity index (χ1v) is 8.70. The van der Waals surface area contributed by atoms with Gasteiger partial charge in [-0.3, -0.25) is 19.6 Å². The summed E-state index contributed by atoms with van der Waals surface area (Å²) in [7, 11) is 0. The second kappa shape index (κ2) is 8.22. The van der Waals surface area contributed by atoms with Crippen LogP contribution in [0.4, 0.5) is 0 Å². The van der Waals surface area contributed by atoms with Crippen LogP contribution in [0.2, 0.25) is 0 Å². The maximum Gasteiger partial charge on any atom is 0.329 e. The number of esters is 2. The standard InChI is InChI=1S/C18H26N2O4/c1-4-23-16(21)18(3,17(22)24-5-2)15-12-19-14(11-20-15)13-9-7-6-8-10-13/h11-13H,4-10H2,1-3H3. The van der Waals surface area contributed by atoms with Crippen molar-refractivity contribution in [3.63, 3.8) is 0 Å². The quantitative estimate of drug-likeness (QED) is 0.588. The van der Waals surface area contributed by atoms with E-state index in [1.165, 1.54) is 32.4 Å². The Balaban J connectivity index is 2.28. The molecule has 6 heteroatoms. The maximum atomic E-state index is 12.4. The Morgan fingerprint density at radius 2 is 1.62 bits per heavy atom. The summed E-state index contributed by atoms with van der Waals surface area (Å²) in [6.07, 6.45) is 9.10. The second-order valence-electron chi connectivity index (χ2n) is 6.23. The maximum absolute atomic E-state index is 12.4. The number of carbonyl (C=O) groups excluding carboxylic acids is 2. The molecule has 0 radical (unpaired) electrons. The lowest BCUT2D eigenvalue weighted by Crippen LogP contribution is -2.44. The zero-order valence-corrected chi connectivity index (χ0v) is 14.7. The van der Waals surface area contributed by atoms with Crippen molar-refractivity contribution >= 4 is 11.9 Å². The average Bonchev–Trinajstić information content (AvgIpc) is 2.62. The molecule has 0 bridgehead atoms. The van der Waals surface area contributed by atoms with Crippen LogP contribution in [-0.2, 0) is 24.5 Å². The summed E-state index contributed by atoms with van der Waals surface area (Å²) < 4.78 is 10.1. The van der Waals surface area contributed by atoms with E-state index in [1.54, 1.807) is 20.0 Å². The first kappa shape index (κ1) is 18.4. The molecule has 1 aliphatic rings. The van der Waals surface area contributed by atoms with E-state index in [4.69, 9.17) is 9.47 Å². The zero-order chi connectivity index (χ0) is 17.6. The van der Waals surface area contributed by atoms with E-state index in [2.05, 4.69) is 9.97 Å². The van der Waals surface area contributed by atoms with Crippen LogP contribution in [-0.4, -0.2) is 35.1 Å². The van der Waals surface area contributed by atoms with Crippen LogP contribution in [0.1, 0.15) is 70.2 Å². The Morgan fingerprint density at radius 1 is 1.04 bits per heavy atom. The molecule has 0 atom stereocenters. The molecule has 2 rings (SSSR count). The van der Waals surface area contributed by atoms with Crippen molar-refractivity contribution in [2.75, 3.05) is 13.2 Å². The minimum Gasteiger partial charge on any atom is -0.465 e. The van der Waals surface area contributed by atoms with Gasteiger partial charge in [-0.2, -0.15) is 0 Å². The summed E-state index contributed by atoms with van der Waals surface area (Å²) in [5.41, 5.74) is -0.406. The van der Waals surface area contributed by atoms with Crippen LogP contribution in [0.5, 0.6) is 0 Å². The van der Waals surface area contributed by atoms with Gasteiger partial charge in [0.25, 0.3) is 0 Å².